The van der Waals surface area contributed by atoms with E-state index in [9.17, 15) is 9.90 Å². The zero-order chi connectivity index (χ0) is 17.3. The van der Waals surface area contributed by atoms with Gasteiger partial charge in [-0.15, -0.1) is 0 Å². The number of pyridine rings is 1. The van der Waals surface area contributed by atoms with Gasteiger partial charge in [0.1, 0.15) is 6.54 Å². The van der Waals surface area contributed by atoms with Crippen molar-refractivity contribution in [1.29, 1.82) is 0 Å². The van der Waals surface area contributed by atoms with Crippen LogP contribution in [0.3, 0.4) is 0 Å². The molecule has 1 aromatic heterocycles. The van der Waals surface area contributed by atoms with Gasteiger partial charge in [-0.2, -0.15) is 0 Å². The summed E-state index contributed by atoms with van der Waals surface area (Å²) in [6, 6.07) is 6.24. The predicted octanol–water partition coefficient (Wildman–Crippen LogP) is 4.19. The molecule has 24 heavy (non-hydrogen) atoms. The summed E-state index contributed by atoms with van der Waals surface area (Å²) < 4.78 is 2.26. The van der Waals surface area contributed by atoms with Crippen molar-refractivity contribution in [3.8, 4) is 0 Å². The fourth-order valence-electron chi connectivity index (χ4n) is 3.09. The lowest BCUT2D eigenvalue weighted by atomic mass is 10.0. The third-order valence-corrected chi connectivity index (χ3v) is 4.57. The van der Waals surface area contributed by atoms with Crippen molar-refractivity contribution in [2.45, 2.75) is 96.4 Å². The Morgan fingerprint density at radius 3 is 1.50 bits per heavy atom. The fourth-order valence-corrected chi connectivity index (χ4v) is 3.09. The van der Waals surface area contributed by atoms with E-state index in [0.717, 1.165) is 19.4 Å². The van der Waals surface area contributed by atoms with Crippen molar-refractivity contribution in [2.24, 2.45) is 0 Å². The Labute approximate surface area is 148 Å². The molecule has 0 spiro atoms. The maximum atomic E-state index is 10.3. The molecule has 0 saturated heterocycles. The van der Waals surface area contributed by atoms with Crippen LogP contribution in [0.15, 0.2) is 30.6 Å². The van der Waals surface area contributed by atoms with Gasteiger partial charge >= 0.3 is 0 Å². The maximum absolute atomic E-state index is 10.3. The van der Waals surface area contributed by atoms with Gasteiger partial charge in [-0.1, -0.05) is 70.3 Å². The van der Waals surface area contributed by atoms with Crippen molar-refractivity contribution >= 4 is 5.97 Å². The van der Waals surface area contributed by atoms with E-state index < -0.39 is 5.97 Å². The van der Waals surface area contributed by atoms with Crippen LogP contribution in [-0.2, 0) is 11.3 Å². The van der Waals surface area contributed by atoms with Crippen LogP contribution in [0.5, 0.6) is 0 Å². The largest absolute Gasteiger partial charge is 0.550 e. The van der Waals surface area contributed by atoms with Gasteiger partial charge in [0, 0.05) is 24.5 Å². The number of rotatable bonds is 16. The summed E-state index contributed by atoms with van der Waals surface area (Å²) in [5, 5.41) is 10.3. The molecule has 0 radical (unpaired) electrons. The van der Waals surface area contributed by atoms with Crippen LogP contribution < -0.4 is 9.67 Å². The van der Waals surface area contributed by atoms with Crippen LogP contribution in [0.25, 0.3) is 0 Å². The first kappa shape index (κ1) is 20.7. The molecule has 0 aliphatic rings. The lowest BCUT2D eigenvalue weighted by Crippen LogP contribution is -2.32. The molecular formula is C21H35NO2. The molecule has 0 aliphatic carbocycles. The highest BCUT2D eigenvalue weighted by atomic mass is 16.4. The molecule has 136 valence electrons. The fraction of sp³-hybridized carbons (Fsp3) is 0.714. The van der Waals surface area contributed by atoms with Gasteiger partial charge in [0.05, 0.1) is 0 Å². The van der Waals surface area contributed by atoms with E-state index in [1.165, 1.54) is 70.6 Å². The van der Waals surface area contributed by atoms with Crippen LogP contribution >= 0.6 is 0 Å². The van der Waals surface area contributed by atoms with E-state index >= 15 is 0 Å². The maximum Gasteiger partial charge on any atom is 0.168 e. The molecule has 3 heteroatoms. The Hall–Kier alpha value is -1.38. The van der Waals surface area contributed by atoms with Crippen molar-refractivity contribution in [1.82, 2.24) is 0 Å². The second kappa shape index (κ2) is 15.2. The number of hydrogen-bond acceptors (Lipinski definition) is 2. The van der Waals surface area contributed by atoms with Gasteiger partial charge in [-0.3, -0.25) is 0 Å². The molecule has 0 atom stereocenters. The molecule has 0 bridgehead atoms. The van der Waals surface area contributed by atoms with E-state index in [1.807, 2.05) is 0 Å². The minimum atomic E-state index is -0.908. The highest BCUT2D eigenvalue weighted by Gasteiger charge is 1.98. The zero-order valence-electron chi connectivity index (χ0n) is 15.3. The van der Waals surface area contributed by atoms with Crippen LogP contribution in [-0.4, -0.2) is 5.97 Å². The molecule has 0 saturated carbocycles. The molecule has 3 nitrogen and oxygen atoms in total. The van der Waals surface area contributed by atoms with Gasteiger partial charge in [0.25, 0.3) is 0 Å². The highest BCUT2D eigenvalue weighted by Crippen LogP contribution is 2.12. The van der Waals surface area contributed by atoms with Gasteiger partial charge in [-0.25, -0.2) is 4.57 Å². The van der Waals surface area contributed by atoms with E-state index in [-0.39, 0.29) is 6.42 Å². The van der Waals surface area contributed by atoms with Crippen LogP contribution in [0.1, 0.15) is 89.9 Å². The molecule has 1 rings (SSSR count). The number of carboxylic acids is 1. The van der Waals surface area contributed by atoms with Gasteiger partial charge < -0.3 is 9.90 Å². The molecule has 0 fully saturated rings. The number of hydrogen-bond donors (Lipinski definition) is 0. The number of aliphatic carboxylic acids is 1. The van der Waals surface area contributed by atoms with Gasteiger partial charge in [0.2, 0.25) is 0 Å². The Morgan fingerprint density at radius 1 is 0.625 bits per heavy atom. The van der Waals surface area contributed by atoms with Crippen molar-refractivity contribution < 1.29 is 14.5 Å². The van der Waals surface area contributed by atoms with Crippen LogP contribution in [0, 0.1) is 0 Å². The first-order valence-corrected chi connectivity index (χ1v) is 9.93. The minimum absolute atomic E-state index is 0.226. The number of carbonyl (C=O) groups excluding carboxylic acids is 1. The predicted molar refractivity (Wildman–Crippen MR) is 96.3 cm³/mol. The summed E-state index contributed by atoms with van der Waals surface area (Å²) in [6.07, 6.45) is 20.9. The molecule has 0 unspecified atom stereocenters. The third-order valence-electron chi connectivity index (χ3n) is 4.57. The standard InChI is InChI=1S/C21H35NO2/c23-21(24)17-13-10-8-6-4-2-1-3-5-7-9-11-14-18-22-19-15-12-16-20-22/h12,15-16,19-20H,1-11,13-14,17-18H2. The summed E-state index contributed by atoms with van der Waals surface area (Å²) in [7, 11) is 0. The number of carbonyl (C=O) groups is 1. The quantitative estimate of drug-likeness (QED) is 0.336. The van der Waals surface area contributed by atoms with Crippen LogP contribution in [0.2, 0.25) is 0 Å². The average Bonchev–Trinajstić information content (AvgIpc) is 2.59. The molecule has 0 amide bonds. The van der Waals surface area contributed by atoms with E-state index in [2.05, 4.69) is 35.2 Å². The van der Waals surface area contributed by atoms with Crippen molar-refractivity contribution in [2.75, 3.05) is 0 Å². The van der Waals surface area contributed by atoms with E-state index in [4.69, 9.17) is 0 Å². The van der Waals surface area contributed by atoms with Gasteiger partial charge in [-0.05, 0) is 19.3 Å². The lowest BCUT2D eigenvalue weighted by molar-refractivity contribution is -0.697. The minimum Gasteiger partial charge on any atom is -0.550 e. The first-order valence-electron chi connectivity index (χ1n) is 9.93. The van der Waals surface area contributed by atoms with Gasteiger partial charge in [0.15, 0.2) is 12.4 Å². The topological polar surface area (TPSA) is 44.0 Å². The average molecular weight is 334 g/mol. The smallest absolute Gasteiger partial charge is 0.168 e. The number of unbranched alkanes of at least 4 members (excludes halogenated alkanes) is 12. The Kier molecular flexibility index (Phi) is 13.1. The number of aryl methyl sites for hydroxylation is 1. The molecule has 0 N–H and O–H groups in total. The highest BCUT2D eigenvalue weighted by molar-refractivity contribution is 5.63. The van der Waals surface area contributed by atoms with Crippen molar-refractivity contribution in [3.05, 3.63) is 30.6 Å². The Bertz CT molecular complexity index is 406. The van der Waals surface area contributed by atoms with E-state index in [0.29, 0.717) is 0 Å². The number of nitrogens with zero attached hydrogens (tertiary/aromatic N) is 1. The summed E-state index contributed by atoms with van der Waals surface area (Å²) >= 11 is 0. The van der Waals surface area contributed by atoms with Crippen molar-refractivity contribution in [3.63, 3.8) is 0 Å². The second-order valence-corrected chi connectivity index (χ2v) is 6.83. The molecule has 0 aliphatic heterocycles. The zero-order valence-corrected chi connectivity index (χ0v) is 15.3. The summed E-state index contributed by atoms with van der Waals surface area (Å²) in [5.41, 5.74) is 0. The Balaban J connectivity index is 1.72. The first-order chi connectivity index (χ1) is 11.8. The molecular weight excluding hydrogens is 298 g/mol. The summed E-state index contributed by atoms with van der Waals surface area (Å²) in [6.45, 7) is 1.14. The third kappa shape index (κ3) is 13.1. The molecule has 1 aromatic rings. The van der Waals surface area contributed by atoms with E-state index in [1.54, 1.807) is 0 Å². The summed E-state index contributed by atoms with van der Waals surface area (Å²) in [5.74, 6) is -0.908. The number of carboxylic acid groups (broad SMARTS) is 1. The monoisotopic (exact) mass is 333 g/mol. The SMILES string of the molecule is O=C([O-])CCCCCCCCCCCCCCC[n+]1ccccc1. The second-order valence-electron chi connectivity index (χ2n) is 6.83. The lowest BCUT2D eigenvalue weighted by Gasteiger charge is -2.03. The molecule has 0 aromatic carbocycles. The summed E-state index contributed by atoms with van der Waals surface area (Å²) in [4.78, 5) is 10.3. The normalized spacial score (nSPS) is 10.8. The number of aromatic nitrogens is 1. The Morgan fingerprint density at radius 2 is 1.04 bits per heavy atom. The molecule has 1 heterocycles. The van der Waals surface area contributed by atoms with Crippen LogP contribution in [0.4, 0.5) is 0 Å².